The molecule has 0 radical (unpaired) electrons. The van der Waals surface area contributed by atoms with Crippen molar-refractivity contribution < 1.29 is 9.59 Å². The molecule has 3 rings (SSSR count). The predicted octanol–water partition coefficient (Wildman–Crippen LogP) is 9.32. The van der Waals surface area contributed by atoms with E-state index in [1.54, 1.807) is 13.8 Å². The lowest BCUT2D eigenvalue weighted by molar-refractivity contribution is -0.119. The Labute approximate surface area is 225 Å². The molecule has 3 nitrogen and oxygen atoms in total. The number of aryl methyl sites for hydroxylation is 1. The van der Waals surface area contributed by atoms with Gasteiger partial charge in [-0.15, -0.1) is 0 Å². The second-order valence-electron chi connectivity index (χ2n) is 11.1. The minimum absolute atomic E-state index is 0.122. The summed E-state index contributed by atoms with van der Waals surface area (Å²) >= 11 is 0. The van der Waals surface area contributed by atoms with Crippen LogP contribution in [-0.2, 0) is 9.59 Å². The molecule has 2 fully saturated rings. The first-order valence-corrected chi connectivity index (χ1v) is 14.4. The van der Waals surface area contributed by atoms with E-state index in [0.29, 0.717) is 17.7 Å². The number of benzene rings is 1. The van der Waals surface area contributed by atoms with Crippen molar-refractivity contribution in [2.75, 3.05) is 6.54 Å². The van der Waals surface area contributed by atoms with Crippen molar-refractivity contribution in [1.82, 2.24) is 4.90 Å². The third-order valence-electron chi connectivity index (χ3n) is 6.07. The van der Waals surface area contributed by atoms with Gasteiger partial charge in [0, 0.05) is 17.7 Å². The number of allylic oxidation sites excluding steroid dienone is 2. The Bertz CT molecular complexity index is 752. The maximum absolute atomic E-state index is 11.3. The molecule has 0 saturated carbocycles. The average Bonchev–Trinajstić information content (AvgIpc) is 3.04. The van der Waals surface area contributed by atoms with Crippen molar-refractivity contribution in [3.8, 4) is 0 Å². The summed E-state index contributed by atoms with van der Waals surface area (Å²) in [5.41, 5.74) is 3.49. The van der Waals surface area contributed by atoms with Gasteiger partial charge in [-0.05, 0) is 75.8 Å². The van der Waals surface area contributed by atoms with Crippen LogP contribution in [0.3, 0.4) is 0 Å². The molecule has 1 aromatic carbocycles. The maximum atomic E-state index is 11.3. The van der Waals surface area contributed by atoms with Crippen LogP contribution in [0.1, 0.15) is 126 Å². The molecule has 0 aliphatic carbocycles. The van der Waals surface area contributed by atoms with Crippen LogP contribution < -0.4 is 0 Å². The molecule has 1 aromatic rings. The standard InChI is InChI=1S/C12H21NO.C12H14O.C5H12.2C2H6/c1-3-10-6-11-4-5-12(7-10)13(11)8-9(2)14;1-4-11(10(3)13)12-8-6-5-7-9(12)2;1-5(2,3)4;2*1-2/h10-12H,3-8H2,1-2H3;4-8H,1-3H3;1-4H3;2*1-2H3/b;11-4-;;;. The Kier molecular flexibility index (Phi) is 19.6. The van der Waals surface area contributed by atoms with Gasteiger partial charge in [0.1, 0.15) is 5.78 Å². The van der Waals surface area contributed by atoms with Crippen LogP contribution in [0.25, 0.3) is 5.57 Å². The van der Waals surface area contributed by atoms with Crippen molar-refractivity contribution in [3.63, 3.8) is 0 Å². The van der Waals surface area contributed by atoms with Gasteiger partial charge < -0.3 is 0 Å². The van der Waals surface area contributed by atoms with E-state index in [0.717, 1.165) is 34.7 Å². The van der Waals surface area contributed by atoms with Gasteiger partial charge in [-0.2, -0.15) is 0 Å². The van der Waals surface area contributed by atoms with Gasteiger partial charge >= 0.3 is 0 Å². The Hall–Kier alpha value is -1.74. The summed E-state index contributed by atoms with van der Waals surface area (Å²) in [4.78, 5) is 24.9. The third kappa shape index (κ3) is 14.7. The van der Waals surface area contributed by atoms with E-state index in [-0.39, 0.29) is 5.78 Å². The number of carbonyl (C=O) groups is 2. The minimum atomic E-state index is 0.122. The molecule has 2 aliphatic heterocycles. The number of ketones is 2. The van der Waals surface area contributed by atoms with Gasteiger partial charge in [0.05, 0.1) is 6.54 Å². The highest BCUT2D eigenvalue weighted by molar-refractivity contribution is 6.19. The fourth-order valence-electron chi connectivity index (χ4n) is 4.66. The summed E-state index contributed by atoms with van der Waals surface area (Å²) in [6.07, 6.45) is 8.51. The number of hydrogen-bond acceptors (Lipinski definition) is 3. The van der Waals surface area contributed by atoms with Gasteiger partial charge in [-0.25, -0.2) is 0 Å². The van der Waals surface area contributed by atoms with E-state index in [2.05, 4.69) is 39.5 Å². The van der Waals surface area contributed by atoms with Crippen LogP contribution in [0.15, 0.2) is 30.3 Å². The van der Waals surface area contributed by atoms with Gasteiger partial charge in [0.15, 0.2) is 5.78 Å². The molecule has 2 saturated heterocycles. The second kappa shape index (κ2) is 19.4. The first-order valence-electron chi connectivity index (χ1n) is 14.4. The molecule has 0 aromatic heterocycles. The quantitative estimate of drug-likeness (QED) is 0.377. The number of piperidine rings is 1. The van der Waals surface area contributed by atoms with Crippen molar-refractivity contribution in [2.45, 2.75) is 134 Å². The maximum Gasteiger partial charge on any atom is 0.160 e. The SMILES string of the molecule is C/C=C(/C(C)=O)c1ccccc1C.CC.CC.CC(C)(C)C.CCC1CC2CCC(C1)N2CC(C)=O. The van der Waals surface area contributed by atoms with E-state index < -0.39 is 0 Å². The van der Waals surface area contributed by atoms with Crippen molar-refractivity contribution in [1.29, 1.82) is 0 Å². The highest BCUT2D eigenvalue weighted by Crippen LogP contribution is 2.39. The lowest BCUT2D eigenvalue weighted by Gasteiger charge is -2.38. The summed E-state index contributed by atoms with van der Waals surface area (Å²) in [6, 6.07) is 9.37. The summed E-state index contributed by atoms with van der Waals surface area (Å²) in [7, 11) is 0. The van der Waals surface area contributed by atoms with Crippen LogP contribution in [0.5, 0.6) is 0 Å². The molecule has 2 heterocycles. The molecule has 3 heteroatoms. The molecule has 2 bridgehead atoms. The molecular formula is C33H59NO2. The van der Waals surface area contributed by atoms with Crippen molar-refractivity contribution in [3.05, 3.63) is 41.5 Å². The van der Waals surface area contributed by atoms with E-state index in [9.17, 15) is 9.59 Å². The molecular weight excluding hydrogens is 442 g/mol. The van der Waals surface area contributed by atoms with Gasteiger partial charge in [0.2, 0.25) is 0 Å². The highest BCUT2D eigenvalue weighted by Gasteiger charge is 2.40. The van der Waals surface area contributed by atoms with E-state index in [1.165, 1.54) is 32.1 Å². The fraction of sp³-hybridized carbons (Fsp3) is 0.697. The molecule has 2 atom stereocenters. The van der Waals surface area contributed by atoms with Gasteiger partial charge in [-0.3, -0.25) is 14.5 Å². The average molecular weight is 502 g/mol. The number of carbonyl (C=O) groups excluding carboxylic acids is 2. The summed E-state index contributed by atoms with van der Waals surface area (Å²) in [5, 5.41) is 0. The first-order chi connectivity index (χ1) is 16.9. The highest BCUT2D eigenvalue weighted by atomic mass is 16.1. The molecule has 36 heavy (non-hydrogen) atoms. The van der Waals surface area contributed by atoms with E-state index >= 15 is 0 Å². The van der Waals surface area contributed by atoms with Crippen molar-refractivity contribution in [2.24, 2.45) is 11.3 Å². The lowest BCUT2D eigenvalue weighted by atomic mass is 9.89. The number of fused-ring (bicyclic) bond motifs is 2. The first kappa shape index (κ1) is 36.4. The molecule has 208 valence electrons. The summed E-state index contributed by atoms with van der Waals surface area (Å²) in [5.74, 6) is 1.38. The molecule has 0 N–H and O–H groups in total. The van der Waals surface area contributed by atoms with Crippen molar-refractivity contribution >= 4 is 17.1 Å². The van der Waals surface area contributed by atoms with Crippen LogP contribution in [0.2, 0.25) is 0 Å². The predicted molar refractivity (Wildman–Crippen MR) is 161 cm³/mol. The number of nitrogens with zero attached hydrogens (tertiary/aromatic N) is 1. The largest absolute Gasteiger partial charge is 0.299 e. The van der Waals surface area contributed by atoms with Crippen LogP contribution >= 0.6 is 0 Å². The number of hydrogen-bond donors (Lipinski definition) is 0. The van der Waals surface area contributed by atoms with Gasteiger partial charge in [-0.1, -0.05) is 99.1 Å². The van der Waals surface area contributed by atoms with Crippen LogP contribution in [-0.4, -0.2) is 35.1 Å². The normalized spacial score (nSPS) is 20.7. The molecule has 0 spiro atoms. The Morgan fingerprint density at radius 3 is 1.72 bits per heavy atom. The topological polar surface area (TPSA) is 37.4 Å². The summed E-state index contributed by atoms with van der Waals surface area (Å²) < 4.78 is 0. The number of rotatable bonds is 5. The minimum Gasteiger partial charge on any atom is -0.299 e. The zero-order valence-corrected chi connectivity index (χ0v) is 26.1. The fourth-order valence-corrected chi connectivity index (χ4v) is 4.66. The van der Waals surface area contributed by atoms with Gasteiger partial charge in [0.25, 0.3) is 0 Å². The lowest BCUT2D eigenvalue weighted by Crippen LogP contribution is -2.44. The monoisotopic (exact) mass is 501 g/mol. The molecule has 2 aliphatic rings. The van der Waals surface area contributed by atoms with E-state index in [4.69, 9.17) is 0 Å². The Morgan fingerprint density at radius 1 is 0.944 bits per heavy atom. The van der Waals surface area contributed by atoms with E-state index in [1.807, 2.05) is 71.9 Å². The Morgan fingerprint density at radius 2 is 1.39 bits per heavy atom. The molecule has 2 unspecified atom stereocenters. The zero-order chi connectivity index (χ0) is 28.5. The smallest absolute Gasteiger partial charge is 0.160 e. The van der Waals surface area contributed by atoms with Crippen LogP contribution in [0, 0.1) is 18.3 Å². The van der Waals surface area contributed by atoms with Crippen LogP contribution in [0.4, 0.5) is 0 Å². The zero-order valence-electron chi connectivity index (χ0n) is 26.1. The molecule has 0 amide bonds. The Balaban J connectivity index is 0. The second-order valence-corrected chi connectivity index (χ2v) is 11.1. The third-order valence-corrected chi connectivity index (χ3v) is 6.07. The summed E-state index contributed by atoms with van der Waals surface area (Å²) in [6.45, 7) is 27.0. The number of Topliss-reactive ketones (excluding diaryl/α,β-unsaturated/α-hetero) is 2.